The summed E-state index contributed by atoms with van der Waals surface area (Å²) in [6, 6.07) is 17.1. The minimum atomic E-state index is -1.00. The van der Waals surface area contributed by atoms with E-state index < -0.39 is 17.7 Å². The molecule has 3 heterocycles. The summed E-state index contributed by atoms with van der Waals surface area (Å²) in [5.41, 5.74) is 2.78. The summed E-state index contributed by atoms with van der Waals surface area (Å²) in [6.07, 6.45) is 2.53. The fourth-order valence-corrected chi connectivity index (χ4v) is 7.75. The van der Waals surface area contributed by atoms with Gasteiger partial charge in [-0.2, -0.15) is 0 Å². The van der Waals surface area contributed by atoms with E-state index in [1.807, 2.05) is 44.2 Å². The molecular formula is C35H34ClN3O6S2. The van der Waals surface area contributed by atoms with E-state index in [1.165, 1.54) is 28.0 Å². The normalized spacial score (nSPS) is 18.3. The van der Waals surface area contributed by atoms with E-state index in [-0.39, 0.29) is 22.6 Å². The van der Waals surface area contributed by atoms with E-state index in [9.17, 15) is 14.7 Å². The van der Waals surface area contributed by atoms with Crippen molar-refractivity contribution in [3.8, 4) is 17.2 Å². The van der Waals surface area contributed by atoms with Crippen molar-refractivity contribution in [1.82, 2.24) is 10.2 Å². The van der Waals surface area contributed by atoms with Crippen molar-refractivity contribution in [2.75, 3.05) is 18.1 Å². The van der Waals surface area contributed by atoms with Gasteiger partial charge in [-0.05, 0) is 73.4 Å². The lowest BCUT2D eigenvalue weighted by Crippen LogP contribution is -2.29. The molecule has 0 saturated carbocycles. The Morgan fingerprint density at radius 2 is 1.91 bits per heavy atom. The van der Waals surface area contributed by atoms with Gasteiger partial charge in [0.05, 0.1) is 24.8 Å². The maximum absolute atomic E-state index is 13.8. The predicted octanol–water partition coefficient (Wildman–Crippen LogP) is 8.01. The number of aliphatic hydroxyl groups is 1. The van der Waals surface area contributed by atoms with Gasteiger partial charge in [0.2, 0.25) is 5.13 Å². The van der Waals surface area contributed by atoms with Crippen molar-refractivity contribution >= 4 is 57.3 Å². The van der Waals surface area contributed by atoms with Crippen LogP contribution in [-0.4, -0.2) is 46.3 Å². The number of aliphatic hydroxyl groups excluding tert-OH is 1. The van der Waals surface area contributed by atoms with Crippen LogP contribution in [0.2, 0.25) is 5.02 Å². The van der Waals surface area contributed by atoms with Gasteiger partial charge in [-0.1, -0.05) is 72.3 Å². The van der Waals surface area contributed by atoms with Gasteiger partial charge in [0.1, 0.15) is 17.6 Å². The van der Waals surface area contributed by atoms with Crippen LogP contribution in [0.15, 0.2) is 70.6 Å². The number of hydrogen-bond donors (Lipinski definition) is 1. The Morgan fingerprint density at radius 1 is 1.09 bits per heavy atom. The van der Waals surface area contributed by atoms with Crippen molar-refractivity contribution in [3.05, 3.63) is 93.5 Å². The van der Waals surface area contributed by atoms with Gasteiger partial charge >= 0.3 is 5.91 Å². The first-order valence-electron chi connectivity index (χ1n) is 15.5. The number of anilines is 1. The van der Waals surface area contributed by atoms with Crippen LogP contribution < -0.4 is 19.1 Å². The van der Waals surface area contributed by atoms with Gasteiger partial charge in [-0.25, -0.2) is 0 Å². The van der Waals surface area contributed by atoms with Crippen LogP contribution >= 0.6 is 34.7 Å². The quantitative estimate of drug-likeness (QED) is 0.0394. The summed E-state index contributed by atoms with van der Waals surface area (Å²) in [5.74, 6) is 0.411. The molecule has 0 aliphatic carbocycles. The number of fused-ring (bicyclic) bond motifs is 1. The molecule has 2 aliphatic heterocycles. The summed E-state index contributed by atoms with van der Waals surface area (Å²) in [5, 5.41) is 21.3. The van der Waals surface area contributed by atoms with E-state index in [1.54, 1.807) is 30.3 Å². The third kappa shape index (κ3) is 6.83. The molecule has 9 nitrogen and oxygen atoms in total. The summed E-state index contributed by atoms with van der Waals surface area (Å²) in [6.45, 7) is 6.83. The molecule has 12 heteroatoms. The zero-order chi connectivity index (χ0) is 33.1. The lowest BCUT2D eigenvalue weighted by Gasteiger charge is -2.23. The van der Waals surface area contributed by atoms with Gasteiger partial charge in [0.25, 0.3) is 5.78 Å². The van der Waals surface area contributed by atoms with E-state index in [0.29, 0.717) is 57.4 Å². The highest BCUT2D eigenvalue weighted by Crippen LogP contribution is 2.46. The van der Waals surface area contributed by atoms with Crippen LogP contribution in [0, 0.1) is 0 Å². The Morgan fingerprint density at radius 3 is 2.70 bits per heavy atom. The first-order valence-corrected chi connectivity index (χ1v) is 17.7. The van der Waals surface area contributed by atoms with Crippen molar-refractivity contribution in [3.63, 3.8) is 0 Å². The average Bonchev–Trinajstić information content (AvgIpc) is 3.76. The average molecular weight is 692 g/mol. The molecule has 1 fully saturated rings. The summed E-state index contributed by atoms with van der Waals surface area (Å²) in [7, 11) is 0. The number of halogens is 1. The number of aromatic nitrogens is 2. The molecule has 0 bridgehead atoms. The Kier molecular flexibility index (Phi) is 10.0. The smallest absolute Gasteiger partial charge is 0.301 e. The molecule has 1 N–H and O–H groups in total. The third-order valence-corrected chi connectivity index (χ3v) is 10.3. The van der Waals surface area contributed by atoms with Gasteiger partial charge in [-0.3, -0.25) is 14.5 Å². The highest BCUT2D eigenvalue weighted by molar-refractivity contribution is 8.00. The molecule has 0 unspecified atom stereocenters. The lowest BCUT2D eigenvalue weighted by atomic mass is 9.94. The topological polar surface area (TPSA) is 111 Å². The second-order valence-corrected chi connectivity index (χ2v) is 13.8. The van der Waals surface area contributed by atoms with E-state index >= 15 is 0 Å². The SMILES string of the molecule is CCCCOc1ccc([C@@H]2/C(=C(\O)c3ccc4c(c3)C[C@@H](C)O4)C(=O)C(=O)N2c2nnc(SCc3ccccc3Cl)s2)cc1OCC. The van der Waals surface area contributed by atoms with Crippen molar-refractivity contribution in [1.29, 1.82) is 0 Å². The molecule has 1 aromatic heterocycles. The first kappa shape index (κ1) is 32.9. The number of carbonyl (C=O) groups is 2. The Bertz CT molecular complexity index is 1840. The highest BCUT2D eigenvalue weighted by Gasteiger charge is 2.48. The number of carbonyl (C=O) groups excluding carboxylic acids is 2. The summed E-state index contributed by atoms with van der Waals surface area (Å²) in [4.78, 5) is 29.0. The number of benzene rings is 3. The van der Waals surface area contributed by atoms with Crippen LogP contribution in [-0.2, 0) is 21.8 Å². The van der Waals surface area contributed by atoms with Gasteiger partial charge in [0, 0.05) is 22.8 Å². The fraction of sp³-hybridized carbons (Fsp3) is 0.314. The van der Waals surface area contributed by atoms with E-state index in [0.717, 1.165) is 29.7 Å². The fourth-order valence-electron chi connectivity index (χ4n) is 5.59. The maximum atomic E-state index is 13.8. The molecule has 1 saturated heterocycles. The number of amides is 1. The molecular weight excluding hydrogens is 658 g/mol. The molecule has 6 rings (SSSR count). The Labute approximate surface area is 286 Å². The summed E-state index contributed by atoms with van der Waals surface area (Å²) < 4.78 is 18.4. The zero-order valence-corrected chi connectivity index (χ0v) is 28.6. The first-order chi connectivity index (χ1) is 22.8. The van der Waals surface area contributed by atoms with Crippen molar-refractivity contribution < 1.29 is 28.9 Å². The zero-order valence-electron chi connectivity index (χ0n) is 26.2. The Hall–Kier alpha value is -4.06. The number of nitrogens with zero attached hydrogens (tertiary/aromatic N) is 3. The standard InChI is InChI=1S/C35H34ClN3O6S2/c1-4-6-15-44-27-14-11-21(18-28(27)43-5-2)30-29(31(40)22-12-13-26-24(17-22)16-20(3)45-26)32(41)33(42)39(30)34-37-38-35(47-34)46-19-23-9-7-8-10-25(23)36/h7-14,17-18,20,30,40H,4-6,15-16,19H2,1-3H3/b31-29+/t20-,30-/m1/s1. The van der Waals surface area contributed by atoms with Crippen LogP contribution in [0.25, 0.3) is 5.76 Å². The van der Waals surface area contributed by atoms with Gasteiger partial charge < -0.3 is 19.3 Å². The van der Waals surface area contributed by atoms with Crippen LogP contribution in [0.4, 0.5) is 5.13 Å². The number of Topliss-reactive ketones (excluding diaryl/α,β-unsaturated/α-hetero) is 1. The second kappa shape index (κ2) is 14.4. The molecule has 0 radical (unpaired) electrons. The number of rotatable bonds is 12. The largest absolute Gasteiger partial charge is 0.507 e. The molecule has 2 aliphatic rings. The van der Waals surface area contributed by atoms with E-state index in [2.05, 4.69) is 17.1 Å². The number of unbranched alkanes of at least 4 members (excludes halogenated alkanes) is 1. The Balaban J connectivity index is 1.42. The molecule has 1 amide bonds. The van der Waals surface area contributed by atoms with Crippen LogP contribution in [0.1, 0.15) is 61.9 Å². The monoisotopic (exact) mass is 691 g/mol. The summed E-state index contributed by atoms with van der Waals surface area (Å²) >= 11 is 8.97. The van der Waals surface area contributed by atoms with Gasteiger partial charge in [0.15, 0.2) is 15.8 Å². The number of ketones is 1. The third-order valence-electron chi connectivity index (χ3n) is 7.86. The number of ether oxygens (including phenoxy) is 3. The molecule has 4 aromatic rings. The molecule has 47 heavy (non-hydrogen) atoms. The minimum absolute atomic E-state index is 0.00501. The second-order valence-electron chi connectivity index (χ2n) is 11.2. The molecule has 0 spiro atoms. The highest BCUT2D eigenvalue weighted by atomic mass is 35.5. The van der Waals surface area contributed by atoms with Crippen LogP contribution in [0.3, 0.4) is 0 Å². The molecule has 3 aromatic carbocycles. The van der Waals surface area contributed by atoms with Gasteiger partial charge in [-0.15, -0.1) is 10.2 Å². The lowest BCUT2D eigenvalue weighted by molar-refractivity contribution is -0.132. The van der Waals surface area contributed by atoms with Crippen molar-refractivity contribution in [2.24, 2.45) is 0 Å². The van der Waals surface area contributed by atoms with E-state index in [4.69, 9.17) is 25.8 Å². The predicted molar refractivity (Wildman–Crippen MR) is 184 cm³/mol. The number of hydrogen-bond acceptors (Lipinski definition) is 10. The maximum Gasteiger partial charge on any atom is 0.301 e. The van der Waals surface area contributed by atoms with Crippen LogP contribution in [0.5, 0.6) is 17.2 Å². The number of thioether (sulfide) groups is 1. The molecule has 244 valence electrons. The van der Waals surface area contributed by atoms with Crippen molar-refractivity contribution in [2.45, 2.75) is 62.3 Å². The minimum Gasteiger partial charge on any atom is -0.507 e. The molecule has 2 atom stereocenters.